The quantitative estimate of drug-likeness (QED) is 0.574. The number of anilines is 2. The second-order valence-electron chi connectivity index (χ2n) is 6.58. The van der Waals surface area contributed by atoms with Crippen molar-refractivity contribution in [1.82, 2.24) is 24.8 Å². The third-order valence-electron chi connectivity index (χ3n) is 4.71. The molecule has 0 spiro atoms. The van der Waals surface area contributed by atoms with Gasteiger partial charge in [0.25, 0.3) is 0 Å². The van der Waals surface area contributed by atoms with Crippen LogP contribution in [0, 0.1) is 0 Å². The highest BCUT2D eigenvalue weighted by Gasteiger charge is 2.16. The number of nitrogens with zero attached hydrogens (tertiary/aromatic N) is 6. The number of rotatable bonds is 5. The number of benzene rings is 1. The van der Waals surface area contributed by atoms with Gasteiger partial charge in [-0.05, 0) is 18.9 Å². The normalized spacial score (nSPS) is 14.1. The van der Waals surface area contributed by atoms with E-state index in [2.05, 4.69) is 30.9 Å². The second kappa shape index (κ2) is 6.96. The number of thiazole rings is 1. The minimum Gasteiger partial charge on any atom is -0.376 e. The minimum absolute atomic E-state index is 0.644. The van der Waals surface area contributed by atoms with E-state index in [1.54, 1.807) is 22.2 Å². The molecular weight excluding hydrogens is 358 g/mol. The van der Waals surface area contributed by atoms with E-state index in [1.807, 2.05) is 36.4 Å². The number of fused-ring (bicyclic) bond motifs is 1. The molecule has 1 fully saturated rings. The van der Waals surface area contributed by atoms with E-state index >= 15 is 0 Å². The zero-order valence-corrected chi connectivity index (χ0v) is 15.6. The maximum absolute atomic E-state index is 4.78. The van der Waals surface area contributed by atoms with E-state index in [1.165, 1.54) is 12.8 Å². The van der Waals surface area contributed by atoms with Crippen LogP contribution in [0.5, 0.6) is 0 Å². The van der Waals surface area contributed by atoms with E-state index in [4.69, 9.17) is 4.98 Å². The van der Waals surface area contributed by atoms with Crippen LogP contribution in [0.25, 0.3) is 16.9 Å². The van der Waals surface area contributed by atoms with Gasteiger partial charge in [0.1, 0.15) is 6.33 Å². The molecule has 4 aromatic rings. The Morgan fingerprint density at radius 3 is 2.81 bits per heavy atom. The summed E-state index contributed by atoms with van der Waals surface area (Å²) in [5.74, 6) is 0. The first kappa shape index (κ1) is 16.2. The predicted octanol–water partition coefficient (Wildman–Crippen LogP) is 3.46. The average Bonchev–Trinajstić information content (AvgIpc) is 3.47. The molecular formula is C19H19N7S. The molecule has 3 aromatic heterocycles. The summed E-state index contributed by atoms with van der Waals surface area (Å²) in [6, 6.07) is 12.1. The van der Waals surface area contributed by atoms with Crippen LogP contribution in [0.4, 0.5) is 10.8 Å². The Balaban J connectivity index is 1.40. The summed E-state index contributed by atoms with van der Waals surface area (Å²) >= 11 is 1.72. The molecule has 1 aliphatic rings. The number of aromatic nitrogens is 5. The van der Waals surface area contributed by atoms with Crippen LogP contribution in [0.15, 0.2) is 48.1 Å². The molecule has 7 nitrogen and oxygen atoms in total. The van der Waals surface area contributed by atoms with Crippen LogP contribution in [0.2, 0.25) is 0 Å². The molecule has 0 radical (unpaired) electrons. The van der Waals surface area contributed by atoms with Gasteiger partial charge in [-0.2, -0.15) is 9.61 Å². The van der Waals surface area contributed by atoms with Crippen molar-refractivity contribution in [2.45, 2.75) is 19.4 Å². The van der Waals surface area contributed by atoms with Crippen molar-refractivity contribution in [3.8, 4) is 11.3 Å². The van der Waals surface area contributed by atoms with Crippen molar-refractivity contribution in [3.63, 3.8) is 0 Å². The van der Waals surface area contributed by atoms with Gasteiger partial charge in [-0.15, -0.1) is 21.5 Å². The first-order chi connectivity index (χ1) is 13.4. The summed E-state index contributed by atoms with van der Waals surface area (Å²) in [5, 5.41) is 19.5. The van der Waals surface area contributed by atoms with Gasteiger partial charge in [-0.1, -0.05) is 30.3 Å². The van der Waals surface area contributed by atoms with Gasteiger partial charge in [0, 0.05) is 24.0 Å². The molecule has 1 saturated heterocycles. The molecule has 1 N–H and O–H groups in total. The third-order valence-corrected chi connectivity index (χ3v) is 5.66. The van der Waals surface area contributed by atoms with Crippen molar-refractivity contribution >= 4 is 27.8 Å². The molecule has 0 bridgehead atoms. The Labute approximate surface area is 160 Å². The minimum atomic E-state index is 0.644. The van der Waals surface area contributed by atoms with Crippen molar-refractivity contribution in [2.24, 2.45) is 0 Å². The maximum Gasteiger partial charge on any atom is 0.200 e. The molecule has 0 saturated carbocycles. The van der Waals surface area contributed by atoms with E-state index in [0.717, 1.165) is 40.9 Å². The van der Waals surface area contributed by atoms with Crippen molar-refractivity contribution in [2.75, 3.05) is 23.3 Å². The molecule has 136 valence electrons. The predicted molar refractivity (Wildman–Crippen MR) is 107 cm³/mol. The van der Waals surface area contributed by atoms with E-state index < -0.39 is 0 Å². The largest absolute Gasteiger partial charge is 0.376 e. The Morgan fingerprint density at radius 1 is 1.11 bits per heavy atom. The Hall–Kier alpha value is -3.00. The standard InChI is InChI=1S/C19H19N7S/c1-2-6-14(7-3-1)16-10-17(18-23-21-13-26(18)24-16)20-11-15-12-27-19(22-15)25-8-4-5-9-25/h1-3,6-7,10,12-13,20H,4-5,8-9,11H2. The molecule has 0 unspecified atom stereocenters. The highest BCUT2D eigenvalue weighted by atomic mass is 32.1. The topological polar surface area (TPSA) is 71.2 Å². The van der Waals surface area contributed by atoms with Gasteiger partial charge < -0.3 is 10.2 Å². The summed E-state index contributed by atoms with van der Waals surface area (Å²) in [6.45, 7) is 2.88. The maximum atomic E-state index is 4.78. The SMILES string of the molecule is c1ccc(-c2cc(NCc3csc(N4CCCC4)n3)c3nncn3n2)cc1. The molecule has 8 heteroatoms. The first-order valence-corrected chi connectivity index (χ1v) is 9.94. The van der Waals surface area contributed by atoms with Gasteiger partial charge in [0.05, 0.1) is 23.6 Å². The van der Waals surface area contributed by atoms with E-state index in [9.17, 15) is 0 Å². The molecule has 4 heterocycles. The molecule has 5 rings (SSSR count). The lowest BCUT2D eigenvalue weighted by molar-refractivity contribution is 0.926. The zero-order valence-electron chi connectivity index (χ0n) is 14.7. The van der Waals surface area contributed by atoms with E-state index in [-0.39, 0.29) is 0 Å². The number of nitrogens with one attached hydrogen (secondary N) is 1. The summed E-state index contributed by atoms with van der Waals surface area (Å²) in [4.78, 5) is 7.15. The lowest BCUT2D eigenvalue weighted by Gasteiger charge is -2.12. The van der Waals surface area contributed by atoms with Crippen LogP contribution >= 0.6 is 11.3 Å². The molecule has 0 aliphatic carbocycles. The molecule has 0 atom stereocenters. The van der Waals surface area contributed by atoms with Crippen molar-refractivity contribution in [1.29, 1.82) is 0 Å². The Bertz CT molecular complexity index is 1050. The van der Waals surface area contributed by atoms with Crippen LogP contribution in [-0.2, 0) is 6.54 Å². The van der Waals surface area contributed by atoms with Crippen LogP contribution in [-0.4, -0.2) is 37.9 Å². The lowest BCUT2D eigenvalue weighted by atomic mass is 10.1. The van der Waals surface area contributed by atoms with E-state index in [0.29, 0.717) is 12.2 Å². The third kappa shape index (κ3) is 3.23. The summed E-state index contributed by atoms with van der Waals surface area (Å²) in [5.41, 5.74) is 4.59. The molecule has 0 amide bonds. The van der Waals surface area contributed by atoms with Crippen LogP contribution in [0.3, 0.4) is 0 Å². The monoisotopic (exact) mass is 377 g/mol. The summed E-state index contributed by atoms with van der Waals surface area (Å²) in [6.07, 6.45) is 4.15. The fraction of sp³-hybridized carbons (Fsp3) is 0.263. The zero-order chi connectivity index (χ0) is 18.1. The van der Waals surface area contributed by atoms with Crippen molar-refractivity contribution in [3.05, 3.63) is 53.8 Å². The molecule has 27 heavy (non-hydrogen) atoms. The van der Waals surface area contributed by atoms with Gasteiger partial charge in [-0.3, -0.25) is 0 Å². The lowest BCUT2D eigenvalue weighted by Crippen LogP contribution is -2.17. The second-order valence-corrected chi connectivity index (χ2v) is 7.41. The number of hydrogen-bond donors (Lipinski definition) is 1. The first-order valence-electron chi connectivity index (χ1n) is 9.06. The fourth-order valence-corrected chi connectivity index (χ4v) is 4.20. The molecule has 1 aliphatic heterocycles. The highest BCUT2D eigenvalue weighted by molar-refractivity contribution is 7.13. The molecule has 1 aromatic carbocycles. The van der Waals surface area contributed by atoms with Crippen molar-refractivity contribution < 1.29 is 0 Å². The average molecular weight is 377 g/mol. The van der Waals surface area contributed by atoms with Gasteiger partial charge >= 0.3 is 0 Å². The summed E-state index contributed by atoms with van der Waals surface area (Å²) in [7, 11) is 0. The number of hydrogen-bond acceptors (Lipinski definition) is 7. The Kier molecular flexibility index (Phi) is 4.17. The smallest absolute Gasteiger partial charge is 0.200 e. The highest BCUT2D eigenvalue weighted by Crippen LogP contribution is 2.26. The summed E-state index contributed by atoms with van der Waals surface area (Å²) < 4.78 is 1.71. The van der Waals surface area contributed by atoms with Gasteiger partial charge in [0.15, 0.2) is 5.13 Å². The fourth-order valence-electron chi connectivity index (χ4n) is 3.32. The Morgan fingerprint density at radius 2 is 1.96 bits per heavy atom. The van der Waals surface area contributed by atoms with Crippen LogP contribution in [0.1, 0.15) is 18.5 Å². The van der Waals surface area contributed by atoms with Gasteiger partial charge in [0.2, 0.25) is 5.65 Å². The van der Waals surface area contributed by atoms with Gasteiger partial charge in [-0.25, -0.2) is 4.98 Å². The van der Waals surface area contributed by atoms with Crippen LogP contribution < -0.4 is 10.2 Å².